The summed E-state index contributed by atoms with van der Waals surface area (Å²) in [6.07, 6.45) is 8.38. The van der Waals surface area contributed by atoms with Crippen molar-refractivity contribution in [2.24, 2.45) is 5.73 Å². The van der Waals surface area contributed by atoms with Crippen LogP contribution in [-0.4, -0.2) is 31.2 Å². The van der Waals surface area contributed by atoms with Gasteiger partial charge in [-0.3, -0.25) is 4.79 Å². The highest BCUT2D eigenvalue weighted by Crippen LogP contribution is 2.19. The van der Waals surface area contributed by atoms with Gasteiger partial charge in [-0.1, -0.05) is 25.7 Å². The lowest BCUT2D eigenvalue weighted by atomic mass is 10.1. The second-order valence-electron chi connectivity index (χ2n) is 5.02. The van der Waals surface area contributed by atoms with Crippen molar-refractivity contribution < 1.29 is 9.53 Å². The van der Waals surface area contributed by atoms with Crippen molar-refractivity contribution in [3.8, 4) is 0 Å². The number of hydrogen-bond donors (Lipinski definition) is 2. The van der Waals surface area contributed by atoms with Crippen molar-refractivity contribution in [2.75, 3.05) is 13.2 Å². The minimum absolute atomic E-state index is 0. The molecule has 1 aliphatic carbocycles. The Morgan fingerprint density at radius 1 is 1.33 bits per heavy atom. The molecule has 0 aliphatic heterocycles. The fourth-order valence-corrected chi connectivity index (χ4v) is 2.19. The van der Waals surface area contributed by atoms with Crippen molar-refractivity contribution in [2.45, 2.75) is 64.0 Å². The molecule has 4 nitrogen and oxygen atoms in total. The number of nitrogens with one attached hydrogen (secondary N) is 1. The molecule has 0 saturated heterocycles. The van der Waals surface area contributed by atoms with Gasteiger partial charge in [0, 0.05) is 19.0 Å². The quantitative estimate of drug-likeness (QED) is 0.577. The summed E-state index contributed by atoms with van der Waals surface area (Å²) in [7, 11) is 0. The second-order valence-corrected chi connectivity index (χ2v) is 5.02. The molecule has 1 rings (SSSR count). The lowest BCUT2D eigenvalue weighted by molar-refractivity contribution is -0.121. The number of ether oxygens (including phenoxy) is 1. The van der Waals surface area contributed by atoms with Crippen LogP contribution >= 0.6 is 12.4 Å². The van der Waals surface area contributed by atoms with E-state index in [1.807, 2.05) is 6.92 Å². The van der Waals surface area contributed by atoms with E-state index in [2.05, 4.69) is 5.32 Å². The Labute approximate surface area is 116 Å². The Balaban J connectivity index is 0.00000289. The fourth-order valence-electron chi connectivity index (χ4n) is 2.19. The zero-order valence-electron chi connectivity index (χ0n) is 11.3. The first kappa shape index (κ1) is 17.7. The van der Waals surface area contributed by atoms with Gasteiger partial charge in [-0.15, -0.1) is 12.4 Å². The SMILES string of the molecule is CC(N)CC(=O)NCCOC1CCCCCC1.Cl. The van der Waals surface area contributed by atoms with Crippen molar-refractivity contribution in [1.29, 1.82) is 0 Å². The molecule has 0 radical (unpaired) electrons. The molecule has 0 aromatic heterocycles. The molecule has 1 aliphatic rings. The summed E-state index contributed by atoms with van der Waals surface area (Å²) in [4.78, 5) is 11.3. The van der Waals surface area contributed by atoms with Crippen molar-refractivity contribution >= 4 is 18.3 Å². The van der Waals surface area contributed by atoms with Gasteiger partial charge >= 0.3 is 0 Å². The maximum Gasteiger partial charge on any atom is 0.221 e. The van der Waals surface area contributed by atoms with E-state index in [4.69, 9.17) is 10.5 Å². The van der Waals surface area contributed by atoms with Crippen LogP contribution in [0.2, 0.25) is 0 Å². The van der Waals surface area contributed by atoms with E-state index in [1.165, 1.54) is 38.5 Å². The van der Waals surface area contributed by atoms with Gasteiger partial charge in [0.05, 0.1) is 12.7 Å². The van der Waals surface area contributed by atoms with E-state index in [0.717, 1.165) is 0 Å². The largest absolute Gasteiger partial charge is 0.376 e. The first-order valence-electron chi connectivity index (χ1n) is 6.82. The summed E-state index contributed by atoms with van der Waals surface area (Å²) in [6, 6.07) is -0.0715. The van der Waals surface area contributed by atoms with Crippen LogP contribution in [0.15, 0.2) is 0 Å². The van der Waals surface area contributed by atoms with Crippen LogP contribution in [-0.2, 0) is 9.53 Å². The lowest BCUT2D eigenvalue weighted by Crippen LogP contribution is -2.32. The Morgan fingerprint density at radius 3 is 2.50 bits per heavy atom. The van der Waals surface area contributed by atoms with E-state index in [-0.39, 0.29) is 24.4 Å². The number of carbonyl (C=O) groups excluding carboxylic acids is 1. The average molecular weight is 279 g/mol. The molecule has 5 heteroatoms. The molecule has 1 saturated carbocycles. The van der Waals surface area contributed by atoms with Crippen LogP contribution in [0.1, 0.15) is 51.9 Å². The van der Waals surface area contributed by atoms with Gasteiger partial charge < -0.3 is 15.8 Å². The van der Waals surface area contributed by atoms with E-state index in [9.17, 15) is 4.79 Å². The summed E-state index contributed by atoms with van der Waals surface area (Å²) in [6.45, 7) is 3.05. The van der Waals surface area contributed by atoms with E-state index < -0.39 is 0 Å². The van der Waals surface area contributed by atoms with Crippen LogP contribution in [0.4, 0.5) is 0 Å². The molecular formula is C13H27ClN2O2. The summed E-state index contributed by atoms with van der Waals surface area (Å²) in [5.74, 6) is 0.0180. The van der Waals surface area contributed by atoms with E-state index in [0.29, 0.717) is 25.7 Å². The normalized spacial score (nSPS) is 18.6. The van der Waals surface area contributed by atoms with Crippen molar-refractivity contribution in [3.63, 3.8) is 0 Å². The molecule has 3 N–H and O–H groups in total. The number of hydrogen-bond acceptors (Lipinski definition) is 3. The topological polar surface area (TPSA) is 64.4 Å². The van der Waals surface area contributed by atoms with Crippen LogP contribution in [0, 0.1) is 0 Å². The third-order valence-electron chi connectivity index (χ3n) is 3.09. The summed E-state index contributed by atoms with van der Waals surface area (Å²) < 4.78 is 5.77. The molecule has 1 amide bonds. The maximum atomic E-state index is 11.3. The zero-order valence-corrected chi connectivity index (χ0v) is 12.1. The van der Waals surface area contributed by atoms with E-state index in [1.54, 1.807) is 0 Å². The van der Waals surface area contributed by atoms with Gasteiger partial charge in [-0.2, -0.15) is 0 Å². The van der Waals surface area contributed by atoms with Crippen molar-refractivity contribution in [3.05, 3.63) is 0 Å². The highest BCUT2D eigenvalue weighted by atomic mass is 35.5. The molecule has 0 bridgehead atoms. The second kappa shape index (κ2) is 10.6. The third kappa shape index (κ3) is 8.72. The zero-order chi connectivity index (χ0) is 12.5. The Morgan fingerprint density at radius 2 is 1.94 bits per heavy atom. The van der Waals surface area contributed by atoms with Gasteiger partial charge in [0.25, 0.3) is 0 Å². The first-order valence-corrected chi connectivity index (χ1v) is 6.82. The number of halogens is 1. The molecule has 18 heavy (non-hydrogen) atoms. The minimum Gasteiger partial charge on any atom is -0.376 e. The predicted molar refractivity (Wildman–Crippen MR) is 76.0 cm³/mol. The summed E-state index contributed by atoms with van der Waals surface area (Å²) >= 11 is 0. The Hall–Kier alpha value is -0.320. The molecular weight excluding hydrogens is 252 g/mol. The van der Waals surface area contributed by atoms with Crippen LogP contribution in [0.25, 0.3) is 0 Å². The standard InChI is InChI=1S/C13H26N2O2.ClH/c1-11(14)10-13(16)15-8-9-17-12-6-4-2-3-5-7-12;/h11-12H,2-10,14H2,1H3,(H,15,16);1H. The minimum atomic E-state index is -0.0715. The number of rotatable bonds is 6. The fraction of sp³-hybridized carbons (Fsp3) is 0.923. The predicted octanol–water partition coefficient (Wildman–Crippen LogP) is 2.00. The Kier molecular flexibility index (Phi) is 10.4. The summed E-state index contributed by atoms with van der Waals surface area (Å²) in [5, 5.41) is 2.83. The van der Waals surface area contributed by atoms with Crippen LogP contribution in [0.5, 0.6) is 0 Å². The van der Waals surface area contributed by atoms with Gasteiger partial charge in [0.1, 0.15) is 0 Å². The monoisotopic (exact) mass is 278 g/mol. The van der Waals surface area contributed by atoms with Gasteiger partial charge in [0.2, 0.25) is 5.91 Å². The van der Waals surface area contributed by atoms with Gasteiger partial charge in [0.15, 0.2) is 0 Å². The average Bonchev–Trinajstić information content (AvgIpc) is 2.52. The highest BCUT2D eigenvalue weighted by Gasteiger charge is 2.12. The van der Waals surface area contributed by atoms with Gasteiger partial charge in [-0.05, 0) is 19.8 Å². The molecule has 1 atom stereocenters. The lowest BCUT2D eigenvalue weighted by Gasteiger charge is -2.15. The van der Waals surface area contributed by atoms with Crippen molar-refractivity contribution in [1.82, 2.24) is 5.32 Å². The maximum absolute atomic E-state index is 11.3. The number of amides is 1. The smallest absolute Gasteiger partial charge is 0.221 e. The molecule has 108 valence electrons. The van der Waals surface area contributed by atoms with Crippen LogP contribution < -0.4 is 11.1 Å². The third-order valence-corrected chi connectivity index (χ3v) is 3.09. The first-order chi connectivity index (χ1) is 8.18. The molecule has 1 unspecified atom stereocenters. The molecule has 0 aromatic carbocycles. The Bertz CT molecular complexity index is 217. The van der Waals surface area contributed by atoms with E-state index >= 15 is 0 Å². The number of nitrogens with two attached hydrogens (primary N) is 1. The summed E-state index contributed by atoms with van der Waals surface area (Å²) in [5.41, 5.74) is 5.54. The van der Waals surface area contributed by atoms with Crippen LogP contribution in [0.3, 0.4) is 0 Å². The molecule has 0 aromatic rings. The number of carbonyl (C=O) groups is 1. The molecule has 0 heterocycles. The van der Waals surface area contributed by atoms with Gasteiger partial charge in [-0.25, -0.2) is 0 Å². The highest BCUT2D eigenvalue weighted by molar-refractivity contribution is 5.85. The molecule has 1 fully saturated rings. The molecule has 0 spiro atoms.